The Balaban J connectivity index is 1.69. The summed E-state index contributed by atoms with van der Waals surface area (Å²) >= 11 is 0. The van der Waals surface area contributed by atoms with Gasteiger partial charge in [-0.15, -0.1) is 0 Å². The number of furan rings is 1. The molecule has 164 valence electrons. The highest BCUT2D eigenvalue weighted by Crippen LogP contribution is 2.43. The molecule has 1 N–H and O–H groups in total. The number of fused-ring (bicyclic) bond motifs is 2. The molecule has 0 bridgehead atoms. The van der Waals surface area contributed by atoms with Crippen LogP contribution in [0.15, 0.2) is 65.1 Å². The maximum absolute atomic E-state index is 11.6. The second kappa shape index (κ2) is 7.70. The lowest BCUT2D eigenvalue weighted by Crippen LogP contribution is -2.29. The highest BCUT2D eigenvalue weighted by atomic mass is 16.4. The Bertz CT molecular complexity index is 1270. The Morgan fingerprint density at radius 1 is 1.12 bits per heavy atom. The van der Waals surface area contributed by atoms with Crippen molar-refractivity contribution in [1.29, 1.82) is 0 Å². The zero-order valence-electron chi connectivity index (χ0n) is 18.9. The van der Waals surface area contributed by atoms with Crippen LogP contribution in [0.3, 0.4) is 0 Å². The van der Waals surface area contributed by atoms with Crippen LogP contribution in [0.4, 0.5) is 0 Å². The molecule has 1 aliphatic rings. The summed E-state index contributed by atoms with van der Waals surface area (Å²) in [5, 5.41) is 10.6. The van der Waals surface area contributed by atoms with Crippen molar-refractivity contribution in [2.75, 3.05) is 0 Å². The fourth-order valence-corrected chi connectivity index (χ4v) is 5.05. The zero-order chi connectivity index (χ0) is 22.5. The molecule has 0 spiro atoms. The zero-order valence-corrected chi connectivity index (χ0v) is 18.9. The fraction of sp³-hybridized carbons (Fsp3) is 0.321. The lowest BCUT2D eigenvalue weighted by Gasteiger charge is -2.36. The number of carboxylic acid groups (broad SMARTS) is 1. The molecule has 0 amide bonds. The van der Waals surface area contributed by atoms with Crippen LogP contribution in [0.25, 0.3) is 28.1 Å². The molecule has 4 nitrogen and oxygen atoms in total. The lowest BCUT2D eigenvalue weighted by atomic mass is 9.69. The van der Waals surface area contributed by atoms with Crippen LogP contribution in [-0.4, -0.2) is 15.6 Å². The predicted octanol–water partition coefficient (Wildman–Crippen LogP) is 7.13. The number of carbonyl (C=O) groups is 1. The number of aromatic carboxylic acids is 1. The minimum absolute atomic E-state index is 0.293. The van der Waals surface area contributed by atoms with Crippen LogP contribution in [0, 0.1) is 11.3 Å². The van der Waals surface area contributed by atoms with E-state index in [4.69, 9.17) is 4.42 Å². The maximum Gasteiger partial charge on any atom is 0.335 e. The second-order valence-corrected chi connectivity index (χ2v) is 9.62. The Labute approximate surface area is 188 Å². The van der Waals surface area contributed by atoms with Crippen molar-refractivity contribution in [1.82, 2.24) is 4.57 Å². The van der Waals surface area contributed by atoms with Crippen molar-refractivity contribution in [2.45, 2.75) is 46.5 Å². The van der Waals surface area contributed by atoms with Gasteiger partial charge in [0, 0.05) is 16.8 Å². The number of nitrogens with zero attached hydrogens (tertiary/aromatic N) is 1. The van der Waals surface area contributed by atoms with Gasteiger partial charge in [0.1, 0.15) is 5.58 Å². The van der Waals surface area contributed by atoms with E-state index in [-0.39, 0.29) is 0 Å². The standard InChI is InChI=1S/C28H29NO3/c1-4-28(2,3)21-12-13-23-20(14-21)16-24(26-17-18-8-5-6-11-25(18)32-26)29(23)22-10-7-9-19(15-22)27(30)31/h5-11,15-17,21H,4,12-14H2,1-3H3,(H,30,31). The van der Waals surface area contributed by atoms with Crippen molar-refractivity contribution in [3.8, 4) is 17.1 Å². The number of aromatic nitrogens is 1. The third kappa shape index (κ3) is 3.44. The Morgan fingerprint density at radius 3 is 2.69 bits per heavy atom. The van der Waals surface area contributed by atoms with Crippen LogP contribution in [0.1, 0.15) is 55.2 Å². The van der Waals surface area contributed by atoms with Crippen LogP contribution in [0.2, 0.25) is 0 Å². The number of hydrogen-bond donors (Lipinski definition) is 1. The van der Waals surface area contributed by atoms with Gasteiger partial charge in [-0.05, 0) is 72.6 Å². The number of hydrogen-bond acceptors (Lipinski definition) is 2. The van der Waals surface area contributed by atoms with Gasteiger partial charge >= 0.3 is 5.97 Å². The Kier molecular flexibility index (Phi) is 4.96. The molecule has 0 fully saturated rings. The summed E-state index contributed by atoms with van der Waals surface area (Å²) < 4.78 is 8.47. The van der Waals surface area contributed by atoms with E-state index in [1.54, 1.807) is 12.1 Å². The molecule has 0 radical (unpaired) electrons. The monoisotopic (exact) mass is 427 g/mol. The van der Waals surface area contributed by atoms with Gasteiger partial charge in [-0.3, -0.25) is 0 Å². The molecule has 4 aromatic rings. The third-order valence-corrected chi connectivity index (χ3v) is 7.43. The summed E-state index contributed by atoms with van der Waals surface area (Å²) in [4.78, 5) is 11.6. The van der Waals surface area contributed by atoms with Gasteiger partial charge in [0.05, 0.1) is 11.3 Å². The smallest absolute Gasteiger partial charge is 0.335 e. The van der Waals surface area contributed by atoms with E-state index >= 15 is 0 Å². The van der Waals surface area contributed by atoms with Gasteiger partial charge in [-0.1, -0.05) is 51.5 Å². The van der Waals surface area contributed by atoms with Gasteiger partial charge in [0.25, 0.3) is 0 Å². The van der Waals surface area contributed by atoms with Gasteiger partial charge in [-0.25, -0.2) is 4.79 Å². The largest absolute Gasteiger partial charge is 0.478 e. The van der Waals surface area contributed by atoms with Crippen molar-refractivity contribution >= 4 is 16.9 Å². The van der Waals surface area contributed by atoms with E-state index < -0.39 is 5.97 Å². The van der Waals surface area contributed by atoms with E-state index in [1.807, 2.05) is 30.3 Å². The first-order valence-corrected chi connectivity index (χ1v) is 11.4. The molecule has 0 saturated heterocycles. The number of carboxylic acids is 1. The quantitative estimate of drug-likeness (QED) is 0.368. The van der Waals surface area contributed by atoms with Gasteiger partial charge < -0.3 is 14.1 Å². The number of para-hydroxylation sites is 1. The highest BCUT2D eigenvalue weighted by Gasteiger charge is 2.33. The van der Waals surface area contributed by atoms with Crippen molar-refractivity contribution in [3.63, 3.8) is 0 Å². The van der Waals surface area contributed by atoms with Gasteiger partial charge in [-0.2, -0.15) is 0 Å². The van der Waals surface area contributed by atoms with E-state index in [0.717, 1.165) is 53.8 Å². The first-order valence-electron chi connectivity index (χ1n) is 11.4. The molecule has 2 aromatic carbocycles. The molecule has 1 atom stereocenters. The summed E-state index contributed by atoms with van der Waals surface area (Å²) in [6.45, 7) is 7.02. The molecule has 1 aliphatic carbocycles. The highest BCUT2D eigenvalue weighted by molar-refractivity contribution is 5.88. The normalized spacial score (nSPS) is 16.3. The minimum Gasteiger partial charge on any atom is -0.478 e. The summed E-state index contributed by atoms with van der Waals surface area (Å²) in [5.74, 6) is 0.528. The molecular formula is C28H29NO3. The van der Waals surface area contributed by atoms with E-state index in [1.165, 1.54) is 11.3 Å². The first kappa shape index (κ1) is 20.6. The third-order valence-electron chi connectivity index (χ3n) is 7.43. The molecule has 2 aromatic heterocycles. The molecular weight excluding hydrogens is 398 g/mol. The van der Waals surface area contributed by atoms with E-state index in [2.05, 4.69) is 43.5 Å². The SMILES string of the molecule is CCC(C)(C)C1CCc2c(cc(-c3cc4ccccc4o3)n2-c2cccc(C(=O)O)c2)C1. The molecule has 2 heterocycles. The molecule has 4 heteroatoms. The van der Waals surface area contributed by atoms with Crippen LogP contribution < -0.4 is 0 Å². The molecule has 1 unspecified atom stereocenters. The van der Waals surface area contributed by atoms with E-state index in [0.29, 0.717) is 16.9 Å². The lowest BCUT2D eigenvalue weighted by molar-refractivity contribution is 0.0697. The topological polar surface area (TPSA) is 55.4 Å². The summed E-state index contributed by atoms with van der Waals surface area (Å²) in [5.41, 5.74) is 5.92. The average Bonchev–Trinajstić information content (AvgIpc) is 3.40. The first-order chi connectivity index (χ1) is 15.4. The Morgan fingerprint density at radius 2 is 1.94 bits per heavy atom. The molecule has 5 rings (SSSR count). The predicted molar refractivity (Wildman–Crippen MR) is 128 cm³/mol. The molecule has 0 aliphatic heterocycles. The molecule has 32 heavy (non-hydrogen) atoms. The fourth-order valence-electron chi connectivity index (χ4n) is 5.05. The minimum atomic E-state index is -0.914. The summed E-state index contributed by atoms with van der Waals surface area (Å²) in [6, 6.07) is 19.6. The van der Waals surface area contributed by atoms with Crippen LogP contribution in [-0.2, 0) is 12.8 Å². The van der Waals surface area contributed by atoms with Crippen molar-refractivity contribution in [2.24, 2.45) is 11.3 Å². The number of benzene rings is 2. The summed E-state index contributed by atoms with van der Waals surface area (Å²) in [6.07, 6.45) is 4.30. The summed E-state index contributed by atoms with van der Waals surface area (Å²) in [7, 11) is 0. The molecule has 0 saturated carbocycles. The van der Waals surface area contributed by atoms with Gasteiger partial charge in [0.2, 0.25) is 0 Å². The second-order valence-electron chi connectivity index (χ2n) is 9.62. The van der Waals surface area contributed by atoms with E-state index in [9.17, 15) is 9.90 Å². The maximum atomic E-state index is 11.6. The van der Waals surface area contributed by atoms with Crippen LogP contribution in [0.5, 0.6) is 0 Å². The number of rotatable bonds is 5. The van der Waals surface area contributed by atoms with Gasteiger partial charge in [0.15, 0.2) is 5.76 Å². The van der Waals surface area contributed by atoms with Crippen molar-refractivity contribution in [3.05, 3.63) is 77.5 Å². The average molecular weight is 428 g/mol. The van der Waals surface area contributed by atoms with Crippen LogP contribution >= 0.6 is 0 Å². The van der Waals surface area contributed by atoms with Crippen molar-refractivity contribution < 1.29 is 14.3 Å². The Hall–Kier alpha value is -3.27.